The molecule has 2 heterocycles. The van der Waals surface area contributed by atoms with Gasteiger partial charge in [-0.05, 0) is 24.1 Å². The highest BCUT2D eigenvalue weighted by atomic mass is 19.1. The number of hydrogen-bond acceptors (Lipinski definition) is 5. The predicted molar refractivity (Wildman–Crippen MR) is 87.0 cm³/mol. The van der Waals surface area contributed by atoms with E-state index in [-0.39, 0.29) is 31.4 Å². The summed E-state index contributed by atoms with van der Waals surface area (Å²) in [5, 5.41) is 6.76. The van der Waals surface area contributed by atoms with Crippen molar-refractivity contribution >= 4 is 5.91 Å². The van der Waals surface area contributed by atoms with E-state index in [9.17, 15) is 9.18 Å². The fourth-order valence-corrected chi connectivity index (χ4v) is 2.63. The highest BCUT2D eigenvalue weighted by Crippen LogP contribution is 2.12. The number of aromatic nitrogens is 1. The first kappa shape index (κ1) is 17.6. The topological polar surface area (TPSA) is 73.6 Å². The van der Waals surface area contributed by atoms with Crippen LogP contribution in [0, 0.1) is 11.7 Å². The Balaban J connectivity index is 1.38. The molecule has 6 nitrogen and oxygen atoms in total. The maximum Gasteiger partial charge on any atom is 0.226 e. The molecule has 7 heteroatoms. The first-order valence-corrected chi connectivity index (χ1v) is 8.30. The van der Waals surface area contributed by atoms with Crippen molar-refractivity contribution in [3.05, 3.63) is 53.2 Å². The summed E-state index contributed by atoms with van der Waals surface area (Å²) in [5.74, 6) is 0.544. The molecule has 0 bridgehead atoms. The highest BCUT2D eigenvalue weighted by molar-refractivity contribution is 5.78. The molecule has 0 aliphatic carbocycles. The van der Waals surface area contributed by atoms with Crippen LogP contribution in [0.1, 0.15) is 23.4 Å². The van der Waals surface area contributed by atoms with E-state index in [1.54, 1.807) is 18.2 Å². The zero-order chi connectivity index (χ0) is 17.5. The first-order valence-electron chi connectivity index (χ1n) is 8.30. The number of nitrogens with zero attached hydrogens (tertiary/aromatic N) is 1. The Kier molecular flexibility index (Phi) is 6.14. The largest absolute Gasteiger partial charge is 0.381 e. The summed E-state index contributed by atoms with van der Waals surface area (Å²) in [6, 6.07) is 7.93. The van der Waals surface area contributed by atoms with E-state index >= 15 is 0 Å². The van der Waals surface area contributed by atoms with Crippen molar-refractivity contribution in [3.8, 4) is 0 Å². The van der Waals surface area contributed by atoms with E-state index < -0.39 is 0 Å². The van der Waals surface area contributed by atoms with E-state index in [1.807, 2.05) is 0 Å². The van der Waals surface area contributed by atoms with Crippen molar-refractivity contribution in [3.63, 3.8) is 0 Å². The van der Waals surface area contributed by atoms with Crippen LogP contribution in [-0.4, -0.2) is 30.8 Å². The fraction of sp³-hybridized carbons (Fsp3) is 0.444. The number of ether oxygens (including phenoxy) is 2. The number of nitrogens with one attached hydrogen (secondary N) is 1. The lowest BCUT2D eigenvalue weighted by Crippen LogP contribution is -2.30. The summed E-state index contributed by atoms with van der Waals surface area (Å²) in [6.45, 7) is 2.59. The maximum atomic E-state index is 13.1. The van der Waals surface area contributed by atoms with Crippen LogP contribution in [-0.2, 0) is 33.9 Å². The molecule has 1 atom stereocenters. The van der Waals surface area contributed by atoms with Gasteiger partial charge in [0.25, 0.3) is 0 Å². The number of hydrogen-bond donors (Lipinski definition) is 1. The second-order valence-corrected chi connectivity index (χ2v) is 6.12. The van der Waals surface area contributed by atoms with Crippen molar-refractivity contribution in [1.29, 1.82) is 0 Å². The van der Waals surface area contributed by atoms with Crippen LogP contribution >= 0.6 is 0 Å². The van der Waals surface area contributed by atoms with Crippen LogP contribution in [0.3, 0.4) is 0 Å². The molecule has 2 aromatic rings. The first-order chi connectivity index (χ1) is 12.2. The summed E-state index contributed by atoms with van der Waals surface area (Å²) in [5.41, 5.74) is 1.31. The maximum absolute atomic E-state index is 13.1. The third kappa shape index (κ3) is 5.65. The van der Waals surface area contributed by atoms with Gasteiger partial charge in [-0.25, -0.2) is 4.39 Å². The number of carbonyl (C=O) groups excluding carboxylic acids is 1. The molecule has 1 unspecified atom stereocenters. The van der Waals surface area contributed by atoms with Crippen molar-refractivity contribution in [2.45, 2.75) is 26.1 Å². The standard InChI is InChI=1S/C18H21FN2O4/c19-15-3-1-2-13(6-15)10-24-12-17-7-16(21-25-17)8-18(22)20-9-14-4-5-23-11-14/h1-3,6-7,14H,4-5,8-12H2,(H,20,22). The van der Waals surface area contributed by atoms with Gasteiger partial charge in [-0.15, -0.1) is 0 Å². The number of rotatable bonds is 8. The average Bonchev–Trinajstić information content (AvgIpc) is 3.25. The minimum Gasteiger partial charge on any atom is -0.381 e. The summed E-state index contributed by atoms with van der Waals surface area (Å²) in [6.07, 6.45) is 1.15. The Morgan fingerprint density at radius 3 is 3.08 bits per heavy atom. The van der Waals surface area contributed by atoms with Crippen LogP contribution in [0.5, 0.6) is 0 Å². The molecule has 1 N–H and O–H groups in total. The second kappa shape index (κ2) is 8.73. The van der Waals surface area contributed by atoms with Crippen molar-refractivity contribution < 1.29 is 23.2 Å². The molecular formula is C18H21FN2O4. The van der Waals surface area contributed by atoms with E-state index in [2.05, 4.69) is 10.5 Å². The molecule has 0 radical (unpaired) electrons. The Bertz CT molecular complexity index is 698. The zero-order valence-electron chi connectivity index (χ0n) is 13.9. The summed E-state index contributed by atoms with van der Waals surface area (Å²) in [4.78, 5) is 11.9. The van der Waals surface area contributed by atoms with Gasteiger partial charge in [0, 0.05) is 25.1 Å². The van der Waals surface area contributed by atoms with Gasteiger partial charge in [-0.2, -0.15) is 0 Å². The molecule has 25 heavy (non-hydrogen) atoms. The summed E-state index contributed by atoms with van der Waals surface area (Å²) < 4.78 is 29.0. The smallest absolute Gasteiger partial charge is 0.226 e. The third-order valence-electron chi connectivity index (χ3n) is 3.96. The van der Waals surface area contributed by atoms with E-state index in [0.717, 1.165) is 18.6 Å². The minimum absolute atomic E-state index is 0.0903. The number of halogens is 1. The molecular weight excluding hydrogens is 327 g/mol. The van der Waals surface area contributed by atoms with E-state index in [0.29, 0.717) is 30.5 Å². The van der Waals surface area contributed by atoms with Crippen LogP contribution in [0.25, 0.3) is 0 Å². The Morgan fingerprint density at radius 2 is 2.28 bits per heavy atom. The average molecular weight is 348 g/mol. The van der Waals surface area contributed by atoms with Crippen LogP contribution < -0.4 is 5.32 Å². The molecule has 1 aliphatic heterocycles. The quantitative estimate of drug-likeness (QED) is 0.792. The molecule has 1 aromatic carbocycles. The Morgan fingerprint density at radius 1 is 1.36 bits per heavy atom. The lowest BCUT2D eigenvalue weighted by atomic mass is 10.1. The predicted octanol–water partition coefficient (Wildman–Crippen LogP) is 2.23. The number of carbonyl (C=O) groups is 1. The Hall–Kier alpha value is -2.25. The van der Waals surface area contributed by atoms with Gasteiger partial charge in [0.2, 0.25) is 5.91 Å². The fourth-order valence-electron chi connectivity index (χ4n) is 2.63. The van der Waals surface area contributed by atoms with Gasteiger partial charge in [-0.3, -0.25) is 4.79 Å². The number of amides is 1. The second-order valence-electron chi connectivity index (χ2n) is 6.12. The van der Waals surface area contributed by atoms with Crippen LogP contribution in [0.4, 0.5) is 4.39 Å². The molecule has 1 fully saturated rings. The SMILES string of the molecule is O=C(Cc1cc(COCc2cccc(F)c2)on1)NCC1CCOC1. The minimum atomic E-state index is -0.293. The van der Waals surface area contributed by atoms with Gasteiger partial charge in [0.1, 0.15) is 12.4 Å². The van der Waals surface area contributed by atoms with Gasteiger partial charge in [-0.1, -0.05) is 17.3 Å². The van der Waals surface area contributed by atoms with Crippen molar-refractivity contribution in [2.24, 2.45) is 5.92 Å². The Labute approximate surface area is 145 Å². The lowest BCUT2D eigenvalue weighted by molar-refractivity contribution is -0.120. The van der Waals surface area contributed by atoms with Crippen LogP contribution in [0.2, 0.25) is 0 Å². The summed E-state index contributed by atoms with van der Waals surface area (Å²) in [7, 11) is 0. The molecule has 1 aromatic heterocycles. The molecule has 0 spiro atoms. The van der Waals surface area contributed by atoms with Gasteiger partial charge in [0.05, 0.1) is 25.3 Å². The summed E-state index contributed by atoms with van der Waals surface area (Å²) >= 11 is 0. The third-order valence-corrected chi connectivity index (χ3v) is 3.96. The molecule has 1 aliphatic rings. The molecule has 134 valence electrons. The highest BCUT2D eigenvalue weighted by Gasteiger charge is 2.17. The number of benzene rings is 1. The molecule has 0 saturated carbocycles. The zero-order valence-corrected chi connectivity index (χ0v) is 13.9. The monoisotopic (exact) mass is 348 g/mol. The van der Waals surface area contributed by atoms with Crippen molar-refractivity contribution in [1.82, 2.24) is 10.5 Å². The van der Waals surface area contributed by atoms with E-state index in [4.69, 9.17) is 14.0 Å². The molecule has 3 rings (SSSR count). The normalized spacial score (nSPS) is 16.9. The van der Waals surface area contributed by atoms with Gasteiger partial charge in [0.15, 0.2) is 5.76 Å². The van der Waals surface area contributed by atoms with Gasteiger partial charge >= 0.3 is 0 Å². The molecule has 1 saturated heterocycles. The van der Waals surface area contributed by atoms with Crippen LogP contribution in [0.15, 0.2) is 34.9 Å². The van der Waals surface area contributed by atoms with Crippen molar-refractivity contribution in [2.75, 3.05) is 19.8 Å². The van der Waals surface area contributed by atoms with E-state index in [1.165, 1.54) is 12.1 Å². The van der Waals surface area contributed by atoms with Gasteiger partial charge < -0.3 is 19.3 Å². The molecule has 1 amide bonds. The lowest BCUT2D eigenvalue weighted by Gasteiger charge is -2.08.